The first-order valence-corrected chi connectivity index (χ1v) is 9.45. The fraction of sp³-hybridized carbons (Fsp3) is 0.273. The molecule has 1 fully saturated rings. The number of oxime groups is 1. The van der Waals surface area contributed by atoms with Gasteiger partial charge >= 0.3 is 0 Å². The molecule has 27 heavy (non-hydrogen) atoms. The van der Waals surface area contributed by atoms with Crippen molar-refractivity contribution >= 4 is 22.4 Å². The summed E-state index contributed by atoms with van der Waals surface area (Å²) in [5, 5.41) is 6.49. The monoisotopic (exact) mass is 360 g/mol. The van der Waals surface area contributed by atoms with Crippen LogP contribution in [0.3, 0.4) is 0 Å². The molecule has 1 aliphatic rings. The number of rotatable bonds is 5. The van der Waals surface area contributed by atoms with Crippen LogP contribution in [0.25, 0.3) is 10.8 Å². The molecule has 2 N–H and O–H groups in total. The Balaban J connectivity index is 1.46. The van der Waals surface area contributed by atoms with Crippen molar-refractivity contribution in [3.8, 4) is 0 Å². The fourth-order valence-electron chi connectivity index (χ4n) is 3.52. The van der Waals surface area contributed by atoms with Crippen molar-refractivity contribution in [1.82, 2.24) is 4.98 Å². The lowest BCUT2D eigenvalue weighted by molar-refractivity contribution is 0.131. The number of benzene rings is 2. The predicted molar refractivity (Wildman–Crippen MR) is 110 cm³/mol. The van der Waals surface area contributed by atoms with Crippen LogP contribution in [0.4, 0.5) is 5.82 Å². The molecule has 0 spiro atoms. The minimum atomic E-state index is 0.371. The molecule has 1 aromatic heterocycles. The van der Waals surface area contributed by atoms with E-state index in [1.54, 1.807) is 6.20 Å². The maximum absolute atomic E-state index is 6.15. The third-order valence-electron chi connectivity index (χ3n) is 4.98. The number of nitrogens with two attached hydrogens (primary N) is 1. The summed E-state index contributed by atoms with van der Waals surface area (Å²) in [6.45, 7) is 2.47. The van der Waals surface area contributed by atoms with Gasteiger partial charge in [0.1, 0.15) is 12.4 Å². The van der Waals surface area contributed by atoms with Gasteiger partial charge < -0.3 is 15.5 Å². The number of amidine groups is 1. The molecular weight excluding hydrogens is 336 g/mol. The minimum Gasteiger partial charge on any atom is -0.389 e. The second-order valence-corrected chi connectivity index (χ2v) is 6.84. The van der Waals surface area contributed by atoms with Crippen LogP contribution >= 0.6 is 0 Å². The van der Waals surface area contributed by atoms with E-state index in [0.717, 1.165) is 30.0 Å². The molecule has 0 amide bonds. The van der Waals surface area contributed by atoms with E-state index in [1.807, 2.05) is 30.3 Å². The number of piperidine rings is 1. The summed E-state index contributed by atoms with van der Waals surface area (Å²) in [6, 6.07) is 18.3. The maximum Gasteiger partial charge on any atom is 0.170 e. The Morgan fingerprint density at radius 3 is 2.74 bits per heavy atom. The van der Waals surface area contributed by atoms with Gasteiger partial charge in [0.25, 0.3) is 0 Å². The summed E-state index contributed by atoms with van der Waals surface area (Å²) in [5.74, 6) is 1.33. The topological polar surface area (TPSA) is 63.7 Å². The number of hydrogen-bond donors (Lipinski definition) is 1. The van der Waals surface area contributed by atoms with Gasteiger partial charge in [-0.15, -0.1) is 0 Å². The number of anilines is 1. The lowest BCUT2D eigenvalue weighted by Crippen LogP contribution is -2.30. The van der Waals surface area contributed by atoms with Gasteiger partial charge in [0.15, 0.2) is 5.84 Å². The Morgan fingerprint density at radius 2 is 1.85 bits per heavy atom. The van der Waals surface area contributed by atoms with E-state index in [4.69, 9.17) is 10.6 Å². The minimum absolute atomic E-state index is 0.371. The molecular formula is C22H24N4O. The zero-order valence-electron chi connectivity index (χ0n) is 15.3. The highest BCUT2D eigenvalue weighted by molar-refractivity contribution is 5.97. The van der Waals surface area contributed by atoms with Crippen molar-refractivity contribution < 1.29 is 4.84 Å². The Labute approximate surface area is 159 Å². The highest BCUT2D eigenvalue weighted by Gasteiger charge is 2.13. The second-order valence-electron chi connectivity index (χ2n) is 6.84. The second kappa shape index (κ2) is 8.08. The van der Waals surface area contributed by atoms with Gasteiger partial charge in [-0.05, 0) is 47.7 Å². The number of pyridine rings is 1. The van der Waals surface area contributed by atoms with Crippen molar-refractivity contribution in [3.63, 3.8) is 0 Å². The normalized spacial score (nSPS) is 15.1. The Kier molecular flexibility index (Phi) is 5.19. The number of nitrogens with zero attached hydrogens (tertiary/aromatic N) is 3. The molecule has 3 aromatic rings. The van der Waals surface area contributed by atoms with Crippen LogP contribution in [0.1, 0.15) is 30.4 Å². The van der Waals surface area contributed by atoms with Crippen LogP contribution in [0, 0.1) is 0 Å². The van der Waals surface area contributed by atoms with Gasteiger partial charge in [-0.2, -0.15) is 0 Å². The molecule has 1 saturated heterocycles. The summed E-state index contributed by atoms with van der Waals surface area (Å²) in [5.41, 5.74) is 8.08. The summed E-state index contributed by atoms with van der Waals surface area (Å²) in [6.07, 6.45) is 5.50. The number of aromatic nitrogens is 1. The lowest BCUT2D eigenvalue weighted by atomic mass is 10.1. The highest BCUT2D eigenvalue weighted by atomic mass is 16.6. The van der Waals surface area contributed by atoms with E-state index >= 15 is 0 Å². The van der Waals surface area contributed by atoms with Gasteiger partial charge in [-0.25, -0.2) is 4.98 Å². The maximum atomic E-state index is 6.15. The zero-order chi connectivity index (χ0) is 18.5. The van der Waals surface area contributed by atoms with Crippen LogP contribution in [0.5, 0.6) is 0 Å². The van der Waals surface area contributed by atoms with Crippen LogP contribution in [-0.2, 0) is 11.4 Å². The molecule has 0 atom stereocenters. The molecule has 5 heteroatoms. The van der Waals surface area contributed by atoms with E-state index < -0.39 is 0 Å². The van der Waals surface area contributed by atoms with Gasteiger partial charge in [-0.1, -0.05) is 47.6 Å². The van der Waals surface area contributed by atoms with E-state index in [0.29, 0.717) is 12.4 Å². The first-order valence-electron chi connectivity index (χ1n) is 9.45. The average Bonchev–Trinajstić information content (AvgIpc) is 2.74. The predicted octanol–water partition coefficient (Wildman–Crippen LogP) is 4.06. The molecule has 0 saturated carbocycles. The molecule has 2 heterocycles. The third kappa shape index (κ3) is 4.03. The molecule has 4 rings (SSSR count). The summed E-state index contributed by atoms with van der Waals surface area (Å²) < 4.78 is 0. The van der Waals surface area contributed by atoms with Crippen molar-refractivity contribution in [3.05, 3.63) is 71.9 Å². The van der Waals surface area contributed by atoms with Crippen LogP contribution in [-0.4, -0.2) is 23.9 Å². The van der Waals surface area contributed by atoms with Gasteiger partial charge in [0, 0.05) is 24.8 Å². The smallest absolute Gasteiger partial charge is 0.170 e. The van der Waals surface area contributed by atoms with E-state index in [2.05, 4.69) is 39.3 Å². The van der Waals surface area contributed by atoms with Crippen LogP contribution in [0.2, 0.25) is 0 Å². The molecule has 2 aromatic carbocycles. The van der Waals surface area contributed by atoms with E-state index in [-0.39, 0.29) is 0 Å². The quantitative estimate of drug-likeness (QED) is 0.423. The molecule has 0 bridgehead atoms. The van der Waals surface area contributed by atoms with Gasteiger partial charge in [0.05, 0.1) is 0 Å². The number of hydrogen-bond acceptors (Lipinski definition) is 4. The average molecular weight is 360 g/mol. The van der Waals surface area contributed by atoms with Crippen molar-refractivity contribution in [2.24, 2.45) is 10.9 Å². The molecule has 0 radical (unpaired) electrons. The fourth-order valence-corrected chi connectivity index (χ4v) is 3.52. The molecule has 0 unspecified atom stereocenters. The SMILES string of the molecule is NC(=NOCc1cccc2ccccc12)c1ccnc(N2CCCCC2)c1. The summed E-state index contributed by atoms with van der Waals surface area (Å²) >= 11 is 0. The Hall–Kier alpha value is -3.08. The first kappa shape index (κ1) is 17.3. The Morgan fingerprint density at radius 1 is 1.04 bits per heavy atom. The van der Waals surface area contributed by atoms with Gasteiger partial charge in [0.2, 0.25) is 0 Å². The van der Waals surface area contributed by atoms with E-state index in [1.165, 1.54) is 30.0 Å². The standard InChI is InChI=1S/C22H24N4O/c23-22(18-11-12-24-21(15-18)26-13-4-1-5-14-26)25-27-16-19-9-6-8-17-7-2-3-10-20(17)19/h2-3,6-12,15H,1,4-5,13-14,16H2,(H2,23,25). The van der Waals surface area contributed by atoms with Gasteiger partial charge in [-0.3, -0.25) is 0 Å². The summed E-state index contributed by atoms with van der Waals surface area (Å²) in [4.78, 5) is 12.3. The molecule has 0 aliphatic carbocycles. The highest BCUT2D eigenvalue weighted by Crippen LogP contribution is 2.20. The van der Waals surface area contributed by atoms with Crippen molar-refractivity contribution in [2.75, 3.05) is 18.0 Å². The van der Waals surface area contributed by atoms with Crippen molar-refractivity contribution in [2.45, 2.75) is 25.9 Å². The summed E-state index contributed by atoms with van der Waals surface area (Å²) in [7, 11) is 0. The molecule has 138 valence electrons. The molecule has 5 nitrogen and oxygen atoms in total. The van der Waals surface area contributed by atoms with Crippen LogP contribution in [0.15, 0.2) is 65.9 Å². The van der Waals surface area contributed by atoms with Crippen molar-refractivity contribution in [1.29, 1.82) is 0 Å². The third-order valence-corrected chi connectivity index (χ3v) is 4.98. The first-order chi connectivity index (χ1) is 13.3. The van der Waals surface area contributed by atoms with Crippen LogP contribution < -0.4 is 10.6 Å². The largest absolute Gasteiger partial charge is 0.389 e. The van der Waals surface area contributed by atoms with E-state index in [9.17, 15) is 0 Å². The Bertz CT molecular complexity index is 942. The molecule has 1 aliphatic heterocycles. The lowest BCUT2D eigenvalue weighted by Gasteiger charge is -2.27. The number of fused-ring (bicyclic) bond motifs is 1. The zero-order valence-corrected chi connectivity index (χ0v) is 15.3.